The van der Waals surface area contributed by atoms with E-state index in [-0.39, 0.29) is 18.0 Å². The largest absolute Gasteiger partial charge is 0.502 e. The first-order valence-corrected chi connectivity index (χ1v) is 4.72. The summed E-state index contributed by atoms with van der Waals surface area (Å²) in [6, 6.07) is 5.28. The van der Waals surface area contributed by atoms with E-state index in [1.165, 1.54) is 0 Å². The Hall–Kier alpha value is -2.17. The van der Waals surface area contributed by atoms with Gasteiger partial charge in [-0.15, -0.1) is 0 Å². The van der Waals surface area contributed by atoms with Crippen molar-refractivity contribution >= 4 is 0 Å². The Morgan fingerprint density at radius 3 is 2.62 bits per heavy atom. The number of nitrogens with zero attached hydrogens (tertiary/aromatic N) is 3. The van der Waals surface area contributed by atoms with Gasteiger partial charge in [0.05, 0.1) is 5.69 Å². The van der Waals surface area contributed by atoms with Gasteiger partial charge < -0.3 is 10.2 Å². The Kier molecular flexibility index (Phi) is 2.68. The first-order chi connectivity index (χ1) is 7.72. The fraction of sp³-hybridized carbons (Fsp3) is 0.0909. The Bertz CT molecular complexity index is 500. The predicted octanol–water partition coefficient (Wildman–Crippen LogP) is 1.33. The number of pyridine rings is 1. The highest BCUT2D eigenvalue weighted by Gasteiger charge is 2.12. The van der Waals surface area contributed by atoms with Gasteiger partial charge in [-0.25, -0.2) is 4.98 Å². The van der Waals surface area contributed by atoms with E-state index in [0.29, 0.717) is 11.4 Å². The van der Waals surface area contributed by atoms with Crippen molar-refractivity contribution in [1.82, 2.24) is 15.0 Å². The molecule has 0 saturated heterocycles. The van der Waals surface area contributed by atoms with Crippen LogP contribution in [0.15, 0.2) is 24.4 Å². The lowest BCUT2D eigenvalue weighted by atomic mass is 10.2. The monoisotopic (exact) mass is 216 g/mol. The van der Waals surface area contributed by atoms with E-state index in [9.17, 15) is 10.2 Å². The first-order valence-electron chi connectivity index (χ1n) is 4.72. The first kappa shape index (κ1) is 10.4. The zero-order valence-electron chi connectivity index (χ0n) is 8.46. The maximum Gasteiger partial charge on any atom is 0.258 e. The third kappa shape index (κ3) is 1.79. The van der Waals surface area contributed by atoms with Gasteiger partial charge >= 0.3 is 0 Å². The molecule has 1 radical (unpaired) electrons. The second-order valence-electron chi connectivity index (χ2n) is 3.13. The molecule has 0 saturated carbocycles. The van der Waals surface area contributed by atoms with Crippen molar-refractivity contribution in [2.75, 3.05) is 0 Å². The van der Waals surface area contributed by atoms with Gasteiger partial charge in [-0.3, -0.25) is 4.98 Å². The van der Waals surface area contributed by atoms with Crippen molar-refractivity contribution in [3.05, 3.63) is 37.0 Å². The molecular weight excluding hydrogens is 206 g/mol. The van der Waals surface area contributed by atoms with Crippen molar-refractivity contribution in [3.63, 3.8) is 0 Å². The van der Waals surface area contributed by atoms with Gasteiger partial charge in [0, 0.05) is 6.20 Å². The molecule has 0 unspecified atom stereocenters. The summed E-state index contributed by atoms with van der Waals surface area (Å²) in [6.07, 6.45) is 1.87. The average Bonchev–Trinajstić information content (AvgIpc) is 2.33. The van der Waals surface area contributed by atoms with Crippen molar-refractivity contribution in [2.45, 2.75) is 6.42 Å². The number of rotatable bonds is 2. The number of aromatic hydroxyl groups is 2. The van der Waals surface area contributed by atoms with E-state index in [1.54, 1.807) is 24.4 Å². The van der Waals surface area contributed by atoms with Crippen LogP contribution >= 0.6 is 0 Å². The molecule has 2 aromatic heterocycles. The molecule has 0 spiro atoms. The van der Waals surface area contributed by atoms with E-state index in [1.807, 2.05) is 0 Å². The highest BCUT2D eigenvalue weighted by Crippen LogP contribution is 2.27. The lowest BCUT2D eigenvalue weighted by Gasteiger charge is -2.05. The van der Waals surface area contributed by atoms with Crippen LogP contribution in [0.4, 0.5) is 0 Å². The number of hydrogen-bond donors (Lipinski definition) is 2. The van der Waals surface area contributed by atoms with Crippen LogP contribution in [0.5, 0.6) is 11.6 Å². The van der Waals surface area contributed by atoms with Crippen molar-refractivity contribution in [1.29, 1.82) is 0 Å². The van der Waals surface area contributed by atoms with Crippen molar-refractivity contribution < 1.29 is 10.2 Å². The third-order valence-electron chi connectivity index (χ3n) is 2.07. The molecule has 0 bridgehead atoms. The fourth-order valence-electron chi connectivity index (χ4n) is 1.27. The highest BCUT2D eigenvalue weighted by atomic mass is 16.3. The Morgan fingerprint density at radius 1 is 1.19 bits per heavy atom. The van der Waals surface area contributed by atoms with Gasteiger partial charge in [-0.05, 0) is 25.5 Å². The number of hydrogen-bond acceptors (Lipinski definition) is 5. The highest BCUT2D eigenvalue weighted by molar-refractivity contribution is 5.52. The van der Waals surface area contributed by atoms with Crippen LogP contribution in [0, 0.1) is 6.92 Å². The molecule has 5 heteroatoms. The number of aromatic nitrogens is 3. The van der Waals surface area contributed by atoms with Gasteiger partial charge in [-0.2, -0.15) is 4.98 Å². The van der Waals surface area contributed by atoms with Crippen LogP contribution < -0.4 is 0 Å². The minimum absolute atomic E-state index is 0.266. The quantitative estimate of drug-likeness (QED) is 0.791. The standard InChI is InChI=1S/C11H10N3O2/c1-2-7-9(15)11(16)14-10(13-7)8-5-3-4-6-12-8/h3-6,15H,1-2H2,(H,13,14,16). The van der Waals surface area contributed by atoms with Gasteiger partial charge in [0.15, 0.2) is 11.6 Å². The van der Waals surface area contributed by atoms with E-state index >= 15 is 0 Å². The molecule has 16 heavy (non-hydrogen) atoms. The molecule has 0 atom stereocenters. The molecule has 2 heterocycles. The molecular formula is C11H10N3O2. The van der Waals surface area contributed by atoms with Crippen LogP contribution in [0.2, 0.25) is 0 Å². The summed E-state index contributed by atoms with van der Waals surface area (Å²) in [6.45, 7) is 3.61. The van der Waals surface area contributed by atoms with Gasteiger partial charge in [0.1, 0.15) is 5.69 Å². The van der Waals surface area contributed by atoms with Gasteiger partial charge in [0.25, 0.3) is 5.88 Å². The minimum Gasteiger partial charge on any atom is -0.502 e. The van der Waals surface area contributed by atoms with Crippen molar-refractivity contribution in [2.24, 2.45) is 0 Å². The fourth-order valence-corrected chi connectivity index (χ4v) is 1.27. The summed E-state index contributed by atoms with van der Waals surface area (Å²) in [5, 5.41) is 18.9. The second kappa shape index (κ2) is 4.14. The molecule has 2 N–H and O–H groups in total. The van der Waals surface area contributed by atoms with Gasteiger partial charge in [0.2, 0.25) is 0 Å². The summed E-state index contributed by atoms with van der Waals surface area (Å²) in [7, 11) is 0. The molecule has 0 fully saturated rings. The SMILES string of the molecule is [CH2]Cc1nc(-c2ccccn2)nc(O)c1O. The summed E-state index contributed by atoms with van der Waals surface area (Å²) < 4.78 is 0. The average molecular weight is 216 g/mol. The molecule has 0 aliphatic rings. The Labute approximate surface area is 92.5 Å². The topological polar surface area (TPSA) is 79.1 Å². The second-order valence-corrected chi connectivity index (χ2v) is 3.13. The summed E-state index contributed by atoms with van der Waals surface area (Å²) >= 11 is 0. The van der Waals surface area contributed by atoms with Crippen molar-refractivity contribution in [3.8, 4) is 23.1 Å². The van der Waals surface area contributed by atoms with Gasteiger partial charge in [-0.1, -0.05) is 6.07 Å². The van der Waals surface area contributed by atoms with E-state index in [4.69, 9.17) is 0 Å². The maximum absolute atomic E-state index is 9.43. The summed E-state index contributed by atoms with van der Waals surface area (Å²) in [5.41, 5.74) is 0.834. The molecule has 2 aromatic rings. The molecule has 0 aliphatic heterocycles. The Balaban J connectivity index is 2.55. The third-order valence-corrected chi connectivity index (χ3v) is 2.07. The molecule has 0 aromatic carbocycles. The normalized spacial score (nSPS) is 10.3. The van der Waals surface area contributed by atoms with E-state index < -0.39 is 5.88 Å². The van der Waals surface area contributed by atoms with Crippen LogP contribution in [0.25, 0.3) is 11.5 Å². The van der Waals surface area contributed by atoms with Crippen LogP contribution in [0.3, 0.4) is 0 Å². The molecule has 0 aliphatic carbocycles. The maximum atomic E-state index is 9.43. The molecule has 81 valence electrons. The molecule has 0 amide bonds. The molecule has 5 nitrogen and oxygen atoms in total. The van der Waals surface area contributed by atoms with Crippen LogP contribution in [-0.4, -0.2) is 25.2 Å². The zero-order chi connectivity index (χ0) is 11.5. The molecule has 2 rings (SSSR count). The lowest BCUT2D eigenvalue weighted by Crippen LogP contribution is -1.97. The lowest BCUT2D eigenvalue weighted by molar-refractivity contribution is 0.382. The Morgan fingerprint density at radius 2 is 2.00 bits per heavy atom. The minimum atomic E-state index is -0.450. The summed E-state index contributed by atoms with van der Waals surface area (Å²) in [5.74, 6) is -0.501. The predicted molar refractivity (Wildman–Crippen MR) is 57.7 cm³/mol. The summed E-state index contributed by atoms with van der Waals surface area (Å²) in [4.78, 5) is 11.9. The van der Waals surface area contributed by atoms with E-state index in [0.717, 1.165) is 0 Å². The van der Waals surface area contributed by atoms with Crippen LogP contribution in [0.1, 0.15) is 5.69 Å². The smallest absolute Gasteiger partial charge is 0.258 e. The van der Waals surface area contributed by atoms with Crippen LogP contribution in [-0.2, 0) is 6.42 Å². The van der Waals surface area contributed by atoms with E-state index in [2.05, 4.69) is 21.9 Å². The zero-order valence-corrected chi connectivity index (χ0v) is 8.46.